The summed E-state index contributed by atoms with van der Waals surface area (Å²) in [5.41, 5.74) is 0.575. The monoisotopic (exact) mass is 360 g/mol. The summed E-state index contributed by atoms with van der Waals surface area (Å²) in [6.45, 7) is 5.19. The number of carbonyl (C=O) groups is 1. The molecule has 0 bridgehead atoms. The van der Waals surface area contributed by atoms with Crippen LogP contribution in [0.2, 0.25) is 5.02 Å². The fourth-order valence-electron chi connectivity index (χ4n) is 2.88. The van der Waals surface area contributed by atoms with Crippen molar-refractivity contribution < 1.29 is 9.53 Å². The van der Waals surface area contributed by atoms with E-state index in [2.05, 4.69) is 5.32 Å². The van der Waals surface area contributed by atoms with Gasteiger partial charge in [0.1, 0.15) is 5.75 Å². The summed E-state index contributed by atoms with van der Waals surface area (Å²) >= 11 is 6.08. The van der Waals surface area contributed by atoms with Crippen molar-refractivity contribution >= 4 is 29.9 Å². The summed E-state index contributed by atoms with van der Waals surface area (Å²) in [7, 11) is 1.95. The molecule has 0 aliphatic carbocycles. The normalized spacial score (nSPS) is 17.5. The fraction of sp³-hybridized carbons (Fsp3) is 0.588. The van der Waals surface area contributed by atoms with E-state index in [-0.39, 0.29) is 18.3 Å². The average Bonchev–Trinajstić information content (AvgIpc) is 2.53. The molecule has 1 aromatic carbocycles. The first kappa shape index (κ1) is 20.1. The van der Waals surface area contributed by atoms with Crippen molar-refractivity contribution in [2.75, 3.05) is 33.3 Å². The zero-order valence-corrected chi connectivity index (χ0v) is 15.4. The molecular weight excluding hydrogens is 335 g/mol. The largest absolute Gasteiger partial charge is 0.493 e. The summed E-state index contributed by atoms with van der Waals surface area (Å²) in [5.74, 6) is 1.17. The molecule has 1 fully saturated rings. The molecule has 0 saturated carbocycles. The van der Waals surface area contributed by atoms with Crippen LogP contribution in [0.1, 0.15) is 36.5 Å². The second-order valence-electron chi connectivity index (χ2n) is 5.81. The van der Waals surface area contributed by atoms with Crippen molar-refractivity contribution in [3.05, 3.63) is 28.8 Å². The van der Waals surface area contributed by atoms with E-state index in [4.69, 9.17) is 16.3 Å². The van der Waals surface area contributed by atoms with Crippen molar-refractivity contribution in [1.29, 1.82) is 0 Å². The third-order valence-corrected chi connectivity index (χ3v) is 4.17. The van der Waals surface area contributed by atoms with E-state index in [1.54, 1.807) is 18.2 Å². The number of hydrogen-bond donors (Lipinski definition) is 1. The number of nitrogens with one attached hydrogen (secondary N) is 1. The van der Waals surface area contributed by atoms with Crippen LogP contribution in [0.4, 0.5) is 0 Å². The van der Waals surface area contributed by atoms with Gasteiger partial charge in [-0.3, -0.25) is 4.79 Å². The molecule has 1 aromatic rings. The van der Waals surface area contributed by atoms with Gasteiger partial charge in [-0.1, -0.05) is 18.5 Å². The predicted molar refractivity (Wildman–Crippen MR) is 97.0 cm³/mol. The number of piperidine rings is 1. The van der Waals surface area contributed by atoms with E-state index in [0.29, 0.717) is 28.9 Å². The van der Waals surface area contributed by atoms with Gasteiger partial charge in [0, 0.05) is 18.1 Å². The maximum absolute atomic E-state index is 12.9. The lowest BCUT2D eigenvalue weighted by atomic mass is 9.97. The molecule has 1 aliphatic rings. The lowest BCUT2D eigenvalue weighted by Crippen LogP contribution is -2.42. The fourth-order valence-corrected chi connectivity index (χ4v) is 3.05. The van der Waals surface area contributed by atoms with Gasteiger partial charge in [0.25, 0.3) is 5.91 Å². The molecule has 2 rings (SSSR count). The van der Waals surface area contributed by atoms with Crippen molar-refractivity contribution in [3.8, 4) is 5.75 Å². The number of halogens is 2. The average molecular weight is 361 g/mol. The van der Waals surface area contributed by atoms with Gasteiger partial charge in [0.2, 0.25) is 0 Å². The smallest absolute Gasteiger partial charge is 0.257 e. The molecule has 6 heteroatoms. The molecule has 0 aromatic heterocycles. The van der Waals surface area contributed by atoms with Gasteiger partial charge >= 0.3 is 0 Å². The Morgan fingerprint density at radius 1 is 1.48 bits per heavy atom. The van der Waals surface area contributed by atoms with Gasteiger partial charge in [-0.2, -0.15) is 0 Å². The maximum Gasteiger partial charge on any atom is 0.257 e. The molecule has 130 valence electrons. The van der Waals surface area contributed by atoms with Crippen LogP contribution in [-0.4, -0.2) is 44.1 Å². The van der Waals surface area contributed by atoms with E-state index < -0.39 is 0 Å². The van der Waals surface area contributed by atoms with Crippen LogP contribution < -0.4 is 10.1 Å². The Hall–Kier alpha value is -0.970. The molecule has 1 amide bonds. The topological polar surface area (TPSA) is 41.6 Å². The Bertz CT molecular complexity index is 509. The van der Waals surface area contributed by atoms with Crippen LogP contribution in [0.3, 0.4) is 0 Å². The number of rotatable bonds is 6. The van der Waals surface area contributed by atoms with Crippen molar-refractivity contribution in [2.24, 2.45) is 5.92 Å². The summed E-state index contributed by atoms with van der Waals surface area (Å²) in [6.07, 6.45) is 3.12. The summed E-state index contributed by atoms with van der Waals surface area (Å²) in [4.78, 5) is 14.8. The lowest BCUT2D eigenvalue weighted by molar-refractivity contribution is 0.0670. The van der Waals surface area contributed by atoms with Gasteiger partial charge in [-0.15, -0.1) is 12.4 Å². The maximum atomic E-state index is 12.9. The summed E-state index contributed by atoms with van der Waals surface area (Å²) in [5, 5.41) is 3.77. The number of carbonyl (C=O) groups excluding carboxylic acids is 1. The highest BCUT2D eigenvalue weighted by Gasteiger charge is 2.26. The Morgan fingerprint density at radius 3 is 2.96 bits per heavy atom. The van der Waals surface area contributed by atoms with Gasteiger partial charge < -0.3 is 15.0 Å². The second-order valence-corrected chi connectivity index (χ2v) is 6.24. The van der Waals surface area contributed by atoms with Crippen LogP contribution >= 0.6 is 24.0 Å². The molecule has 1 saturated heterocycles. The third kappa shape index (κ3) is 5.55. The van der Waals surface area contributed by atoms with Crippen LogP contribution in [0.5, 0.6) is 5.75 Å². The van der Waals surface area contributed by atoms with E-state index in [9.17, 15) is 4.79 Å². The first-order chi connectivity index (χ1) is 10.7. The number of hydrogen-bond acceptors (Lipinski definition) is 3. The highest BCUT2D eigenvalue weighted by Crippen LogP contribution is 2.26. The molecular formula is C17H26Cl2N2O2. The summed E-state index contributed by atoms with van der Waals surface area (Å²) < 4.78 is 5.71. The molecule has 0 spiro atoms. The molecule has 1 aliphatic heterocycles. The molecule has 0 radical (unpaired) electrons. The van der Waals surface area contributed by atoms with Crippen LogP contribution in [0.15, 0.2) is 18.2 Å². The Morgan fingerprint density at radius 2 is 2.26 bits per heavy atom. The Balaban J connectivity index is 0.00000264. The Labute approximate surface area is 149 Å². The van der Waals surface area contributed by atoms with Crippen molar-refractivity contribution in [3.63, 3.8) is 0 Å². The minimum Gasteiger partial charge on any atom is -0.493 e. The molecule has 1 N–H and O–H groups in total. The van der Waals surface area contributed by atoms with Crippen LogP contribution in [0.25, 0.3) is 0 Å². The highest BCUT2D eigenvalue weighted by atomic mass is 35.5. The number of nitrogens with zero attached hydrogens (tertiary/aromatic N) is 1. The van der Waals surface area contributed by atoms with E-state index >= 15 is 0 Å². The minimum atomic E-state index is 0. The first-order valence-corrected chi connectivity index (χ1v) is 8.39. The predicted octanol–water partition coefficient (Wildman–Crippen LogP) is 3.62. The standard InChI is InChI=1S/C17H25ClN2O2.ClH/c1-3-9-22-16-7-6-14(18)10-15(16)17(21)20-8-4-5-13(12-20)11-19-2;/h6-7,10,13,19H,3-5,8-9,11-12H2,1-2H3;1H. The number of likely N-dealkylation sites (tertiary alicyclic amines) is 1. The molecule has 4 nitrogen and oxygen atoms in total. The number of amides is 1. The third-order valence-electron chi connectivity index (χ3n) is 3.93. The quantitative estimate of drug-likeness (QED) is 0.842. The van der Waals surface area contributed by atoms with Gasteiger partial charge in [0.15, 0.2) is 0 Å². The molecule has 1 atom stereocenters. The van der Waals surface area contributed by atoms with E-state index in [0.717, 1.165) is 32.5 Å². The second kappa shape index (κ2) is 10.0. The number of ether oxygens (including phenoxy) is 1. The molecule has 1 heterocycles. The lowest BCUT2D eigenvalue weighted by Gasteiger charge is -2.33. The summed E-state index contributed by atoms with van der Waals surface area (Å²) in [6, 6.07) is 5.28. The first-order valence-electron chi connectivity index (χ1n) is 8.02. The number of benzene rings is 1. The van der Waals surface area contributed by atoms with Gasteiger partial charge in [-0.05, 0) is 57.0 Å². The Kier molecular flexibility index (Phi) is 8.74. The highest BCUT2D eigenvalue weighted by molar-refractivity contribution is 6.31. The van der Waals surface area contributed by atoms with Gasteiger partial charge in [0.05, 0.1) is 12.2 Å². The van der Waals surface area contributed by atoms with E-state index in [1.807, 2.05) is 18.9 Å². The SMILES string of the molecule is CCCOc1ccc(Cl)cc1C(=O)N1CCCC(CNC)C1.Cl. The minimum absolute atomic E-state index is 0. The van der Waals surface area contributed by atoms with Crippen molar-refractivity contribution in [1.82, 2.24) is 10.2 Å². The van der Waals surface area contributed by atoms with Crippen molar-refractivity contribution in [2.45, 2.75) is 26.2 Å². The zero-order chi connectivity index (χ0) is 15.9. The molecule has 23 heavy (non-hydrogen) atoms. The molecule has 1 unspecified atom stereocenters. The van der Waals surface area contributed by atoms with Crippen LogP contribution in [-0.2, 0) is 0 Å². The van der Waals surface area contributed by atoms with Gasteiger partial charge in [-0.25, -0.2) is 0 Å². The zero-order valence-electron chi connectivity index (χ0n) is 13.8. The van der Waals surface area contributed by atoms with E-state index in [1.165, 1.54) is 6.42 Å². The van der Waals surface area contributed by atoms with Crippen LogP contribution in [0, 0.1) is 5.92 Å².